The quantitative estimate of drug-likeness (QED) is 0.774. The lowest BCUT2D eigenvalue weighted by atomic mass is 9.80. The van der Waals surface area contributed by atoms with Gasteiger partial charge in [-0.25, -0.2) is 0 Å². The Hall–Kier alpha value is -2.04. The molecule has 154 valence electrons. The minimum absolute atomic E-state index is 0.357. The summed E-state index contributed by atoms with van der Waals surface area (Å²) in [5, 5.41) is 3.76. The highest BCUT2D eigenvalue weighted by atomic mass is 16.5. The number of benzene rings is 1. The van der Waals surface area contributed by atoms with Crippen LogP contribution in [0.4, 0.5) is 0 Å². The molecule has 4 nitrogen and oxygen atoms in total. The van der Waals surface area contributed by atoms with Gasteiger partial charge in [0.1, 0.15) is 0 Å². The predicted octanol–water partition coefficient (Wildman–Crippen LogP) is 4.33. The first-order valence-corrected chi connectivity index (χ1v) is 11.1. The van der Waals surface area contributed by atoms with E-state index in [-0.39, 0.29) is 0 Å². The largest absolute Gasteiger partial charge is 0.493 e. The lowest BCUT2D eigenvalue weighted by molar-refractivity contribution is 0.216. The molecular weight excluding hydrogens is 360 g/mol. The summed E-state index contributed by atoms with van der Waals surface area (Å²) in [4.78, 5) is 2.67. The van der Waals surface area contributed by atoms with Gasteiger partial charge in [0, 0.05) is 25.2 Å². The Morgan fingerprint density at radius 2 is 1.97 bits per heavy atom. The van der Waals surface area contributed by atoms with Gasteiger partial charge in [0.2, 0.25) is 0 Å². The second kappa shape index (κ2) is 8.00. The summed E-state index contributed by atoms with van der Waals surface area (Å²) < 4.78 is 11.1. The zero-order chi connectivity index (χ0) is 19.8. The van der Waals surface area contributed by atoms with E-state index >= 15 is 0 Å². The van der Waals surface area contributed by atoms with Gasteiger partial charge >= 0.3 is 0 Å². The van der Waals surface area contributed by atoms with Gasteiger partial charge in [0.25, 0.3) is 0 Å². The first kappa shape index (κ1) is 19.0. The van der Waals surface area contributed by atoms with Gasteiger partial charge in [-0.3, -0.25) is 4.90 Å². The summed E-state index contributed by atoms with van der Waals surface area (Å²) in [6.45, 7) is 3.34. The van der Waals surface area contributed by atoms with Crippen LogP contribution in [0.25, 0.3) is 0 Å². The number of fused-ring (bicyclic) bond motifs is 3. The van der Waals surface area contributed by atoms with Crippen LogP contribution in [0, 0.1) is 0 Å². The third kappa shape index (κ3) is 3.53. The minimum Gasteiger partial charge on any atom is -0.493 e. The second-order valence-corrected chi connectivity index (χ2v) is 8.69. The molecule has 4 heteroatoms. The average Bonchev–Trinajstić information content (AvgIpc) is 2.78. The molecule has 1 N–H and O–H groups in total. The summed E-state index contributed by atoms with van der Waals surface area (Å²) >= 11 is 0. The monoisotopic (exact) mass is 392 g/mol. The fraction of sp³-hybridized carbons (Fsp3) is 0.520. The Morgan fingerprint density at radius 1 is 1.10 bits per heavy atom. The van der Waals surface area contributed by atoms with Gasteiger partial charge in [0.15, 0.2) is 11.5 Å². The molecule has 0 unspecified atom stereocenters. The number of hydrogen-bond donors (Lipinski definition) is 1. The van der Waals surface area contributed by atoms with Crippen LogP contribution in [0.5, 0.6) is 11.5 Å². The maximum Gasteiger partial charge on any atom is 0.161 e. The molecule has 3 aliphatic heterocycles. The van der Waals surface area contributed by atoms with E-state index in [4.69, 9.17) is 9.47 Å². The molecule has 0 aromatic heterocycles. The van der Waals surface area contributed by atoms with Crippen LogP contribution < -0.4 is 14.8 Å². The van der Waals surface area contributed by atoms with Crippen LogP contribution in [0.1, 0.15) is 49.3 Å². The fourth-order valence-corrected chi connectivity index (χ4v) is 5.59. The van der Waals surface area contributed by atoms with Crippen molar-refractivity contribution in [3.8, 4) is 11.5 Å². The Bertz CT molecular complexity index is 883. The molecule has 5 rings (SSSR count). The highest BCUT2D eigenvalue weighted by molar-refractivity contribution is 5.50. The molecule has 29 heavy (non-hydrogen) atoms. The molecule has 4 aliphatic rings. The Kier molecular flexibility index (Phi) is 5.23. The zero-order valence-electron chi connectivity index (χ0n) is 17.7. The van der Waals surface area contributed by atoms with Crippen LogP contribution in [0.15, 0.2) is 47.1 Å². The topological polar surface area (TPSA) is 33.7 Å². The van der Waals surface area contributed by atoms with Crippen LogP contribution in [0.3, 0.4) is 0 Å². The van der Waals surface area contributed by atoms with Crippen molar-refractivity contribution in [3.63, 3.8) is 0 Å². The van der Waals surface area contributed by atoms with Crippen molar-refractivity contribution >= 4 is 0 Å². The number of methoxy groups -OCH3 is 2. The van der Waals surface area contributed by atoms with E-state index in [1.807, 2.05) is 0 Å². The lowest BCUT2D eigenvalue weighted by Crippen LogP contribution is -2.44. The normalized spacial score (nSPS) is 26.3. The molecule has 1 aromatic carbocycles. The molecule has 0 radical (unpaired) electrons. The van der Waals surface area contributed by atoms with Gasteiger partial charge in [-0.2, -0.15) is 0 Å². The number of ether oxygens (including phenoxy) is 2. The van der Waals surface area contributed by atoms with Crippen LogP contribution in [-0.2, 0) is 6.42 Å². The third-order valence-electron chi connectivity index (χ3n) is 7.16. The van der Waals surface area contributed by atoms with E-state index in [1.165, 1.54) is 43.4 Å². The van der Waals surface area contributed by atoms with Gasteiger partial charge in [0.05, 0.1) is 14.2 Å². The molecule has 0 fully saturated rings. The zero-order valence-corrected chi connectivity index (χ0v) is 17.7. The van der Waals surface area contributed by atoms with Crippen molar-refractivity contribution in [1.29, 1.82) is 0 Å². The molecule has 0 saturated heterocycles. The summed E-state index contributed by atoms with van der Waals surface area (Å²) in [5.74, 6) is 1.67. The average molecular weight is 393 g/mol. The Labute approximate surface area is 174 Å². The maximum absolute atomic E-state index is 5.58. The predicted molar refractivity (Wildman–Crippen MR) is 117 cm³/mol. The van der Waals surface area contributed by atoms with E-state index in [2.05, 4.69) is 40.6 Å². The van der Waals surface area contributed by atoms with Gasteiger partial charge in [-0.15, -0.1) is 0 Å². The van der Waals surface area contributed by atoms with E-state index in [0.29, 0.717) is 12.1 Å². The van der Waals surface area contributed by atoms with Crippen LogP contribution in [-0.4, -0.2) is 44.8 Å². The summed E-state index contributed by atoms with van der Waals surface area (Å²) in [5.41, 5.74) is 7.70. The summed E-state index contributed by atoms with van der Waals surface area (Å²) in [7, 11) is 3.44. The van der Waals surface area contributed by atoms with Crippen molar-refractivity contribution in [3.05, 3.63) is 58.2 Å². The van der Waals surface area contributed by atoms with Gasteiger partial charge < -0.3 is 14.8 Å². The molecule has 0 amide bonds. The molecule has 0 spiro atoms. The number of rotatable bonds is 4. The van der Waals surface area contributed by atoms with E-state index < -0.39 is 0 Å². The second-order valence-electron chi connectivity index (χ2n) is 8.69. The Balaban J connectivity index is 1.37. The van der Waals surface area contributed by atoms with Gasteiger partial charge in [-0.1, -0.05) is 29.4 Å². The lowest BCUT2D eigenvalue weighted by Gasteiger charge is -2.42. The first-order chi connectivity index (χ1) is 14.3. The number of nitrogens with zero attached hydrogens (tertiary/aromatic N) is 1. The van der Waals surface area contributed by atoms with E-state index in [9.17, 15) is 0 Å². The molecule has 1 aromatic rings. The van der Waals surface area contributed by atoms with Crippen molar-refractivity contribution in [2.75, 3.05) is 33.9 Å². The van der Waals surface area contributed by atoms with Crippen LogP contribution >= 0.6 is 0 Å². The number of nitrogens with one attached hydrogen (secondary N) is 1. The first-order valence-electron chi connectivity index (χ1n) is 11.1. The number of hydrogen-bond acceptors (Lipinski definition) is 4. The fourth-order valence-electron chi connectivity index (χ4n) is 5.59. The van der Waals surface area contributed by atoms with Crippen molar-refractivity contribution in [2.45, 2.75) is 50.6 Å². The summed E-state index contributed by atoms with van der Waals surface area (Å²) in [6, 6.07) is 5.30. The highest BCUT2D eigenvalue weighted by Gasteiger charge is 2.32. The van der Waals surface area contributed by atoms with Crippen LogP contribution in [0.2, 0.25) is 0 Å². The van der Waals surface area contributed by atoms with Crippen molar-refractivity contribution in [1.82, 2.24) is 10.2 Å². The molecule has 0 bridgehead atoms. The third-order valence-corrected chi connectivity index (χ3v) is 7.16. The summed E-state index contributed by atoms with van der Waals surface area (Å²) in [6.07, 6.45) is 14.3. The number of allylic oxidation sites excluding steroid dienone is 1. The maximum atomic E-state index is 5.58. The molecule has 0 saturated carbocycles. The standard InChI is InChI=1S/C25H32N2O2/c1-28-24-15-19-7-10-26-22(21(19)16-25(24)29-2)13-17-8-11-27-12-9-18-5-3-4-6-20(18)23(27)14-17/h4,6,8,15-16,22-23,26H,3,5,7,9-14H2,1-2H3/t22-,23+/m1/s1. The Morgan fingerprint density at radius 3 is 2.83 bits per heavy atom. The van der Waals surface area contributed by atoms with Gasteiger partial charge in [-0.05, 0) is 73.9 Å². The van der Waals surface area contributed by atoms with E-state index in [1.54, 1.807) is 30.9 Å². The smallest absolute Gasteiger partial charge is 0.161 e. The van der Waals surface area contributed by atoms with Crippen molar-refractivity contribution in [2.24, 2.45) is 0 Å². The molecular formula is C25H32N2O2. The SMILES string of the molecule is COc1cc2c(cc1OC)[C@@H](CC1=CCN3CCC4=C(C=CCC4)[C@@H]3C1)NCC2. The van der Waals surface area contributed by atoms with E-state index in [0.717, 1.165) is 37.4 Å². The van der Waals surface area contributed by atoms with Crippen molar-refractivity contribution < 1.29 is 9.47 Å². The highest BCUT2D eigenvalue weighted by Crippen LogP contribution is 2.40. The molecule has 1 aliphatic carbocycles. The molecule has 3 heterocycles. The molecule has 2 atom stereocenters. The minimum atomic E-state index is 0.357.